The molecule has 1 unspecified atom stereocenters. The molecule has 2 rings (SSSR count). The predicted octanol–water partition coefficient (Wildman–Crippen LogP) is 0.101. The molecule has 1 saturated heterocycles. The van der Waals surface area contributed by atoms with Crippen LogP contribution in [0.25, 0.3) is 0 Å². The SMILES string of the molecule is CCc1ccc(CN2CCNCC2C(N)=O)o1. The van der Waals surface area contributed by atoms with Crippen molar-refractivity contribution >= 4 is 5.91 Å². The van der Waals surface area contributed by atoms with Crippen LogP contribution < -0.4 is 11.1 Å². The molecule has 17 heavy (non-hydrogen) atoms. The third-order valence-corrected chi connectivity index (χ3v) is 3.11. The van der Waals surface area contributed by atoms with Gasteiger partial charge in [0.05, 0.1) is 6.54 Å². The minimum Gasteiger partial charge on any atom is -0.465 e. The van der Waals surface area contributed by atoms with Gasteiger partial charge >= 0.3 is 0 Å². The Kier molecular flexibility index (Phi) is 3.81. The summed E-state index contributed by atoms with van der Waals surface area (Å²) in [7, 11) is 0. The molecule has 1 aliphatic heterocycles. The molecule has 1 aliphatic rings. The Morgan fingerprint density at radius 2 is 2.35 bits per heavy atom. The Bertz CT molecular complexity index is 389. The van der Waals surface area contributed by atoms with Gasteiger partial charge in [0.15, 0.2) is 0 Å². The third-order valence-electron chi connectivity index (χ3n) is 3.11. The number of nitrogens with zero attached hydrogens (tertiary/aromatic N) is 1. The number of piperazine rings is 1. The summed E-state index contributed by atoms with van der Waals surface area (Å²) in [6.07, 6.45) is 0.890. The van der Waals surface area contributed by atoms with Gasteiger partial charge in [0.1, 0.15) is 17.6 Å². The van der Waals surface area contributed by atoms with E-state index >= 15 is 0 Å². The van der Waals surface area contributed by atoms with Gasteiger partial charge in [0.2, 0.25) is 5.91 Å². The van der Waals surface area contributed by atoms with Crippen molar-refractivity contribution in [1.82, 2.24) is 10.2 Å². The molecular weight excluding hydrogens is 218 g/mol. The molecule has 1 atom stereocenters. The lowest BCUT2D eigenvalue weighted by Crippen LogP contribution is -2.56. The zero-order valence-corrected chi connectivity index (χ0v) is 10.1. The predicted molar refractivity (Wildman–Crippen MR) is 64.3 cm³/mol. The van der Waals surface area contributed by atoms with Gasteiger partial charge in [-0.25, -0.2) is 0 Å². The highest BCUT2D eigenvalue weighted by molar-refractivity contribution is 5.80. The molecule has 0 spiro atoms. The van der Waals surface area contributed by atoms with Crippen molar-refractivity contribution in [3.05, 3.63) is 23.7 Å². The summed E-state index contributed by atoms with van der Waals surface area (Å²) in [6.45, 7) is 5.02. The number of carbonyl (C=O) groups is 1. The van der Waals surface area contributed by atoms with Gasteiger partial charge < -0.3 is 15.5 Å². The summed E-state index contributed by atoms with van der Waals surface area (Å²) < 4.78 is 5.65. The second-order valence-electron chi connectivity index (χ2n) is 4.31. The van der Waals surface area contributed by atoms with Gasteiger partial charge in [0.25, 0.3) is 0 Å². The van der Waals surface area contributed by atoms with Gasteiger partial charge in [-0.1, -0.05) is 6.92 Å². The number of primary amides is 1. The molecule has 0 aromatic carbocycles. The molecule has 3 N–H and O–H groups in total. The van der Waals surface area contributed by atoms with Crippen LogP contribution in [0.15, 0.2) is 16.5 Å². The topological polar surface area (TPSA) is 71.5 Å². The largest absolute Gasteiger partial charge is 0.465 e. The Hall–Kier alpha value is -1.33. The highest BCUT2D eigenvalue weighted by Gasteiger charge is 2.27. The van der Waals surface area contributed by atoms with Crippen molar-refractivity contribution in [2.24, 2.45) is 5.73 Å². The first-order valence-corrected chi connectivity index (χ1v) is 6.02. The zero-order valence-electron chi connectivity index (χ0n) is 10.1. The second-order valence-corrected chi connectivity index (χ2v) is 4.31. The number of hydrogen-bond acceptors (Lipinski definition) is 4. The number of furan rings is 1. The van der Waals surface area contributed by atoms with E-state index in [1.165, 1.54) is 0 Å². The van der Waals surface area contributed by atoms with Gasteiger partial charge in [-0.2, -0.15) is 0 Å². The van der Waals surface area contributed by atoms with E-state index in [1.54, 1.807) is 0 Å². The highest BCUT2D eigenvalue weighted by Crippen LogP contribution is 2.14. The number of rotatable bonds is 4. The first-order valence-electron chi connectivity index (χ1n) is 6.02. The van der Waals surface area contributed by atoms with Crippen molar-refractivity contribution < 1.29 is 9.21 Å². The molecular formula is C12H19N3O2. The summed E-state index contributed by atoms with van der Waals surface area (Å²) in [6, 6.07) is 3.72. The summed E-state index contributed by atoms with van der Waals surface area (Å²) >= 11 is 0. The highest BCUT2D eigenvalue weighted by atomic mass is 16.3. The number of carbonyl (C=O) groups excluding carboxylic acids is 1. The van der Waals surface area contributed by atoms with Crippen LogP contribution in [0, 0.1) is 0 Å². The van der Waals surface area contributed by atoms with Crippen LogP contribution in [0.2, 0.25) is 0 Å². The molecule has 0 radical (unpaired) electrons. The normalized spacial score (nSPS) is 21.6. The van der Waals surface area contributed by atoms with Crippen LogP contribution in [-0.2, 0) is 17.8 Å². The quantitative estimate of drug-likeness (QED) is 0.779. The minimum atomic E-state index is -0.278. The standard InChI is InChI=1S/C12H19N3O2/c1-2-9-3-4-10(17-9)8-15-6-5-14-7-11(15)12(13)16/h3-4,11,14H,2,5-8H2,1H3,(H2,13,16). The number of nitrogens with one attached hydrogen (secondary N) is 1. The van der Waals surface area contributed by atoms with E-state index in [-0.39, 0.29) is 11.9 Å². The maximum atomic E-state index is 11.3. The molecule has 94 valence electrons. The maximum Gasteiger partial charge on any atom is 0.236 e. The monoisotopic (exact) mass is 237 g/mol. The fraction of sp³-hybridized carbons (Fsp3) is 0.583. The summed E-state index contributed by atoms with van der Waals surface area (Å²) in [5.41, 5.74) is 5.39. The van der Waals surface area contributed by atoms with Crippen LogP contribution >= 0.6 is 0 Å². The van der Waals surface area contributed by atoms with E-state index in [9.17, 15) is 4.79 Å². The fourth-order valence-corrected chi connectivity index (χ4v) is 2.11. The van der Waals surface area contributed by atoms with E-state index in [0.717, 1.165) is 31.0 Å². The van der Waals surface area contributed by atoms with E-state index < -0.39 is 0 Å². The molecule has 5 heteroatoms. The molecule has 1 amide bonds. The molecule has 0 bridgehead atoms. The van der Waals surface area contributed by atoms with E-state index in [1.807, 2.05) is 12.1 Å². The fourth-order valence-electron chi connectivity index (χ4n) is 2.11. The summed E-state index contributed by atoms with van der Waals surface area (Å²) in [5, 5.41) is 3.18. The molecule has 1 fully saturated rings. The van der Waals surface area contributed by atoms with Crippen LogP contribution in [0.4, 0.5) is 0 Å². The number of hydrogen-bond donors (Lipinski definition) is 2. The lowest BCUT2D eigenvalue weighted by atomic mass is 10.1. The van der Waals surface area contributed by atoms with Gasteiger partial charge in [-0.05, 0) is 12.1 Å². The first-order chi connectivity index (χ1) is 8.20. The van der Waals surface area contributed by atoms with Crippen LogP contribution in [-0.4, -0.2) is 36.5 Å². The lowest BCUT2D eigenvalue weighted by molar-refractivity contribution is -0.124. The van der Waals surface area contributed by atoms with Crippen molar-refractivity contribution in [1.29, 1.82) is 0 Å². The molecule has 0 aliphatic carbocycles. The molecule has 0 saturated carbocycles. The Morgan fingerprint density at radius 3 is 3.00 bits per heavy atom. The van der Waals surface area contributed by atoms with Crippen molar-refractivity contribution in [2.45, 2.75) is 25.9 Å². The third kappa shape index (κ3) is 2.87. The molecule has 2 heterocycles. The number of aryl methyl sites for hydroxylation is 1. The zero-order chi connectivity index (χ0) is 12.3. The van der Waals surface area contributed by atoms with Crippen molar-refractivity contribution in [3.8, 4) is 0 Å². The van der Waals surface area contributed by atoms with Gasteiger partial charge in [0, 0.05) is 26.1 Å². The molecule has 5 nitrogen and oxygen atoms in total. The first kappa shape index (κ1) is 12.1. The van der Waals surface area contributed by atoms with E-state index in [0.29, 0.717) is 13.1 Å². The average molecular weight is 237 g/mol. The summed E-state index contributed by atoms with van der Waals surface area (Å²) in [5.74, 6) is 1.60. The summed E-state index contributed by atoms with van der Waals surface area (Å²) in [4.78, 5) is 13.4. The van der Waals surface area contributed by atoms with Gasteiger partial charge in [-0.3, -0.25) is 9.69 Å². The Morgan fingerprint density at radius 1 is 1.59 bits per heavy atom. The van der Waals surface area contributed by atoms with E-state index in [2.05, 4.69) is 17.1 Å². The molecule has 1 aromatic heterocycles. The molecule has 1 aromatic rings. The van der Waals surface area contributed by atoms with E-state index in [4.69, 9.17) is 10.2 Å². The van der Waals surface area contributed by atoms with Gasteiger partial charge in [-0.15, -0.1) is 0 Å². The van der Waals surface area contributed by atoms with Crippen LogP contribution in [0.3, 0.4) is 0 Å². The minimum absolute atomic E-state index is 0.237. The lowest BCUT2D eigenvalue weighted by Gasteiger charge is -2.33. The Labute approximate surface area is 101 Å². The number of amides is 1. The second kappa shape index (κ2) is 5.33. The smallest absolute Gasteiger partial charge is 0.236 e. The van der Waals surface area contributed by atoms with Crippen molar-refractivity contribution in [3.63, 3.8) is 0 Å². The van der Waals surface area contributed by atoms with Crippen LogP contribution in [0.5, 0.6) is 0 Å². The van der Waals surface area contributed by atoms with Crippen molar-refractivity contribution in [2.75, 3.05) is 19.6 Å². The number of nitrogens with two attached hydrogens (primary N) is 1. The maximum absolute atomic E-state index is 11.3. The Balaban J connectivity index is 2.02. The van der Waals surface area contributed by atoms with Crippen LogP contribution in [0.1, 0.15) is 18.4 Å². The average Bonchev–Trinajstić information content (AvgIpc) is 2.77.